The van der Waals surface area contributed by atoms with E-state index in [-0.39, 0.29) is 0 Å². The normalized spacial score (nSPS) is 14.5. The van der Waals surface area contributed by atoms with Gasteiger partial charge in [0.15, 0.2) is 5.82 Å². The third-order valence-corrected chi connectivity index (χ3v) is 2.80. The van der Waals surface area contributed by atoms with E-state index in [2.05, 4.69) is 15.2 Å². The Morgan fingerprint density at radius 1 is 1.33 bits per heavy atom. The molecule has 5 nitrogen and oxygen atoms in total. The fourth-order valence-electron chi connectivity index (χ4n) is 2.18. The molecule has 2 aromatic rings. The van der Waals surface area contributed by atoms with Gasteiger partial charge in [0.05, 0.1) is 5.69 Å². The number of fused-ring (bicyclic) bond motifs is 1. The summed E-state index contributed by atoms with van der Waals surface area (Å²) in [6.45, 7) is 1.82. The van der Waals surface area contributed by atoms with Crippen molar-refractivity contribution in [1.82, 2.24) is 19.9 Å². The second-order valence-electron chi connectivity index (χ2n) is 3.90. The van der Waals surface area contributed by atoms with Crippen LogP contribution >= 0.6 is 0 Å². The fourth-order valence-corrected chi connectivity index (χ4v) is 2.18. The van der Waals surface area contributed by atoms with Crippen LogP contribution < -0.4 is 0 Å². The summed E-state index contributed by atoms with van der Waals surface area (Å²) in [6.07, 6.45) is 3.31. The third-order valence-electron chi connectivity index (χ3n) is 2.80. The molecule has 0 atom stereocenters. The molecule has 0 aliphatic heterocycles. The van der Waals surface area contributed by atoms with Gasteiger partial charge in [-0.2, -0.15) is 10.1 Å². The van der Waals surface area contributed by atoms with Crippen molar-refractivity contribution < 1.29 is 4.52 Å². The zero-order chi connectivity index (χ0) is 10.4. The quantitative estimate of drug-likeness (QED) is 0.701. The van der Waals surface area contributed by atoms with E-state index in [1.165, 1.54) is 17.7 Å². The zero-order valence-electron chi connectivity index (χ0n) is 8.82. The Hall–Kier alpha value is -1.65. The third kappa shape index (κ3) is 1.19. The Labute approximate surface area is 87.1 Å². The maximum atomic E-state index is 5.19. The highest BCUT2D eigenvalue weighted by Gasteiger charge is 2.24. The molecule has 0 unspecified atom stereocenters. The van der Waals surface area contributed by atoms with E-state index in [1.807, 2.05) is 18.7 Å². The van der Waals surface area contributed by atoms with E-state index in [4.69, 9.17) is 4.52 Å². The van der Waals surface area contributed by atoms with Gasteiger partial charge >= 0.3 is 0 Å². The van der Waals surface area contributed by atoms with Gasteiger partial charge in [-0.25, -0.2) is 0 Å². The van der Waals surface area contributed by atoms with Gasteiger partial charge in [0.2, 0.25) is 0 Å². The minimum Gasteiger partial charge on any atom is -0.332 e. The molecule has 0 bridgehead atoms. The van der Waals surface area contributed by atoms with Crippen molar-refractivity contribution in [2.75, 3.05) is 0 Å². The molecule has 0 fully saturated rings. The average molecular weight is 204 g/mol. The monoisotopic (exact) mass is 204 g/mol. The predicted octanol–water partition coefficient (Wildman–Crippen LogP) is 1.27. The summed E-state index contributed by atoms with van der Waals surface area (Å²) in [6, 6.07) is 0. The Balaban J connectivity index is 2.19. The van der Waals surface area contributed by atoms with Crippen LogP contribution in [0.1, 0.15) is 23.5 Å². The smallest absolute Gasteiger partial charge is 0.276 e. The topological polar surface area (TPSA) is 56.7 Å². The van der Waals surface area contributed by atoms with Gasteiger partial charge in [0.1, 0.15) is 5.69 Å². The maximum absolute atomic E-state index is 5.19. The summed E-state index contributed by atoms with van der Waals surface area (Å²) in [7, 11) is 1.92. The number of nitrogens with zero attached hydrogens (tertiary/aromatic N) is 4. The second-order valence-corrected chi connectivity index (χ2v) is 3.90. The summed E-state index contributed by atoms with van der Waals surface area (Å²) < 4.78 is 7.04. The predicted molar refractivity (Wildman–Crippen MR) is 53.3 cm³/mol. The summed E-state index contributed by atoms with van der Waals surface area (Å²) in [5.41, 5.74) is 3.45. The van der Waals surface area contributed by atoms with E-state index >= 15 is 0 Å². The van der Waals surface area contributed by atoms with Crippen LogP contribution in [0.2, 0.25) is 0 Å². The van der Waals surface area contributed by atoms with Crippen molar-refractivity contribution in [2.24, 2.45) is 7.05 Å². The van der Waals surface area contributed by atoms with Crippen molar-refractivity contribution >= 4 is 0 Å². The van der Waals surface area contributed by atoms with Crippen LogP contribution in [0.3, 0.4) is 0 Å². The van der Waals surface area contributed by atoms with Crippen LogP contribution in [0, 0.1) is 6.92 Å². The van der Waals surface area contributed by atoms with Crippen molar-refractivity contribution in [3.05, 3.63) is 17.1 Å². The Bertz CT molecular complexity index is 511. The van der Waals surface area contributed by atoms with Crippen LogP contribution in [0.25, 0.3) is 11.6 Å². The van der Waals surface area contributed by atoms with E-state index < -0.39 is 0 Å². The van der Waals surface area contributed by atoms with Gasteiger partial charge < -0.3 is 4.52 Å². The maximum Gasteiger partial charge on any atom is 0.276 e. The van der Waals surface area contributed by atoms with Gasteiger partial charge in [-0.3, -0.25) is 4.68 Å². The van der Waals surface area contributed by atoms with Crippen LogP contribution in [0.15, 0.2) is 4.52 Å². The lowest BCUT2D eigenvalue weighted by Crippen LogP contribution is -1.97. The molecule has 78 valence electrons. The first-order chi connectivity index (χ1) is 7.25. The fraction of sp³-hybridized carbons (Fsp3) is 0.500. The molecular weight excluding hydrogens is 192 g/mol. The van der Waals surface area contributed by atoms with Crippen molar-refractivity contribution in [3.63, 3.8) is 0 Å². The number of hydrogen-bond donors (Lipinski definition) is 0. The molecule has 0 N–H and O–H groups in total. The second kappa shape index (κ2) is 2.92. The van der Waals surface area contributed by atoms with Gasteiger partial charge in [-0.05, 0) is 26.2 Å². The summed E-state index contributed by atoms with van der Waals surface area (Å²) in [5, 5.41) is 8.28. The van der Waals surface area contributed by atoms with Crippen molar-refractivity contribution in [3.8, 4) is 11.6 Å². The molecule has 15 heavy (non-hydrogen) atoms. The molecule has 2 heterocycles. The van der Waals surface area contributed by atoms with Gasteiger partial charge in [0.25, 0.3) is 5.89 Å². The van der Waals surface area contributed by atoms with Crippen LogP contribution in [0.5, 0.6) is 0 Å². The lowest BCUT2D eigenvalue weighted by Gasteiger charge is -1.97. The van der Waals surface area contributed by atoms with E-state index in [0.717, 1.165) is 18.5 Å². The summed E-state index contributed by atoms with van der Waals surface area (Å²) in [5.74, 6) is 1.25. The van der Waals surface area contributed by atoms with Crippen molar-refractivity contribution in [2.45, 2.75) is 26.2 Å². The molecule has 0 saturated heterocycles. The van der Waals surface area contributed by atoms with Crippen molar-refractivity contribution in [1.29, 1.82) is 0 Å². The van der Waals surface area contributed by atoms with Gasteiger partial charge in [0, 0.05) is 12.6 Å². The molecule has 1 aliphatic rings. The zero-order valence-corrected chi connectivity index (χ0v) is 8.82. The minimum absolute atomic E-state index is 0.589. The number of aromatic nitrogens is 4. The molecule has 5 heteroatoms. The molecular formula is C10H12N4O. The lowest BCUT2D eigenvalue weighted by atomic mass is 10.2. The number of hydrogen-bond acceptors (Lipinski definition) is 4. The molecule has 0 radical (unpaired) electrons. The Morgan fingerprint density at radius 3 is 2.93 bits per heavy atom. The van der Waals surface area contributed by atoms with Gasteiger partial charge in [-0.1, -0.05) is 5.16 Å². The number of rotatable bonds is 1. The largest absolute Gasteiger partial charge is 0.332 e. The molecule has 1 aliphatic carbocycles. The standard InChI is InChI=1S/C10H12N4O/c1-6-11-10(15-13-6)9-7-4-3-5-8(7)12-14(9)2/h3-5H2,1-2H3. The first-order valence-electron chi connectivity index (χ1n) is 5.11. The summed E-state index contributed by atoms with van der Waals surface area (Å²) >= 11 is 0. The molecule has 0 saturated carbocycles. The minimum atomic E-state index is 0.589. The average Bonchev–Trinajstić information content (AvgIpc) is 2.81. The Morgan fingerprint density at radius 2 is 2.20 bits per heavy atom. The highest BCUT2D eigenvalue weighted by molar-refractivity contribution is 5.56. The van der Waals surface area contributed by atoms with Crippen LogP contribution in [-0.2, 0) is 19.9 Å². The lowest BCUT2D eigenvalue weighted by molar-refractivity contribution is 0.421. The first-order valence-corrected chi connectivity index (χ1v) is 5.11. The SMILES string of the molecule is Cc1noc(-c2c3c(nn2C)CCC3)n1. The molecule has 0 aromatic carbocycles. The first kappa shape index (κ1) is 8.64. The number of aryl methyl sites for hydroxylation is 3. The molecule has 2 aromatic heterocycles. The van der Waals surface area contributed by atoms with E-state index in [9.17, 15) is 0 Å². The molecule has 0 amide bonds. The summed E-state index contributed by atoms with van der Waals surface area (Å²) in [4.78, 5) is 4.25. The van der Waals surface area contributed by atoms with Crippen LogP contribution in [0.4, 0.5) is 0 Å². The molecule has 0 spiro atoms. The highest BCUT2D eigenvalue weighted by atomic mass is 16.5. The Kier molecular flexibility index (Phi) is 1.68. The van der Waals surface area contributed by atoms with E-state index in [0.29, 0.717) is 11.7 Å². The van der Waals surface area contributed by atoms with Gasteiger partial charge in [-0.15, -0.1) is 0 Å². The highest BCUT2D eigenvalue weighted by Crippen LogP contribution is 2.30. The van der Waals surface area contributed by atoms with Crippen LogP contribution in [-0.4, -0.2) is 19.9 Å². The van der Waals surface area contributed by atoms with E-state index in [1.54, 1.807) is 0 Å². The molecule has 3 rings (SSSR count).